The van der Waals surface area contributed by atoms with Gasteiger partial charge in [0, 0.05) is 19.6 Å². The Morgan fingerprint density at radius 3 is 1.94 bits per heavy atom. The predicted octanol–water partition coefficient (Wildman–Crippen LogP) is 0.703. The number of rotatable bonds is 2. The van der Waals surface area contributed by atoms with Crippen LogP contribution in [0, 0.1) is 5.92 Å². The number of hydrogen-bond donors (Lipinski definition) is 1. The van der Waals surface area contributed by atoms with Crippen molar-refractivity contribution in [2.45, 2.75) is 32.8 Å². The number of aldehydes is 1. The molecule has 0 radical (unpaired) electrons. The zero-order chi connectivity index (χ0) is 13.9. The molecular formula is C12H25NO4. The standard InChI is InChI=1S/C6H11NO.C5H10O2.CH4O/c1-7-3-2-6(4-7)5-8;1-5(2,3)7-4-6;1-2/h5-6H,2-4H2,1H3;4H,1-3H3;2H,1H3. The minimum absolute atomic E-state index is 0.318. The Bertz CT molecular complexity index is 201. The SMILES string of the molecule is CC(C)(C)OC=O.CN1CCC(C=O)C1.CO. The van der Waals surface area contributed by atoms with E-state index in [2.05, 4.69) is 9.64 Å². The summed E-state index contributed by atoms with van der Waals surface area (Å²) in [7, 11) is 3.05. The molecule has 1 aliphatic rings. The van der Waals surface area contributed by atoms with Crippen LogP contribution in [0.15, 0.2) is 0 Å². The van der Waals surface area contributed by atoms with Gasteiger partial charge in [-0.1, -0.05) is 0 Å². The van der Waals surface area contributed by atoms with Crippen LogP contribution < -0.4 is 0 Å². The molecule has 1 rings (SSSR count). The van der Waals surface area contributed by atoms with Gasteiger partial charge in [-0.25, -0.2) is 0 Å². The maximum atomic E-state index is 10.1. The highest BCUT2D eigenvalue weighted by molar-refractivity contribution is 5.54. The van der Waals surface area contributed by atoms with Crippen molar-refractivity contribution in [1.29, 1.82) is 0 Å². The van der Waals surface area contributed by atoms with Gasteiger partial charge in [0.1, 0.15) is 11.9 Å². The maximum absolute atomic E-state index is 10.1. The monoisotopic (exact) mass is 247 g/mol. The summed E-state index contributed by atoms with van der Waals surface area (Å²) in [5, 5.41) is 7.00. The molecule has 1 unspecified atom stereocenters. The van der Waals surface area contributed by atoms with Crippen LogP contribution in [-0.2, 0) is 14.3 Å². The molecule has 1 saturated heterocycles. The Morgan fingerprint density at radius 2 is 1.82 bits per heavy atom. The van der Waals surface area contributed by atoms with Crippen molar-refractivity contribution in [2.75, 3.05) is 27.2 Å². The van der Waals surface area contributed by atoms with Gasteiger partial charge in [-0.2, -0.15) is 0 Å². The lowest BCUT2D eigenvalue weighted by Crippen LogP contribution is -2.17. The molecule has 1 N–H and O–H groups in total. The molecule has 0 aromatic rings. The molecule has 1 atom stereocenters. The van der Waals surface area contributed by atoms with Crippen molar-refractivity contribution in [3.8, 4) is 0 Å². The summed E-state index contributed by atoms with van der Waals surface area (Å²) in [5.74, 6) is 0.319. The molecule has 102 valence electrons. The maximum Gasteiger partial charge on any atom is 0.293 e. The Hall–Kier alpha value is -0.940. The average Bonchev–Trinajstić information content (AvgIpc) is 2.66. The van der Waals surface area contributed by atoms with Crippen molar-refractivity contribution in [2.24, 2.45) is 5.92 Å². The van der Waals surface area contributed by atoms with Gasteiger partial charge in [0.05, 0.1) is 0 Å². The van der Waals surface area contributed by atoms with E-state index in [-0.39, 0.29) is 5.60 Å². The number of ether oxygens (including phenoxy) is 1. The first kappa shape index (κ1) is 18.4. The van der Waals surface area contributed by atoms with Crippen LogP contribution in [0.5, 0.6) is 0 Å². The zero-order valence-electron chi connectivity index (χ0n) is 11.5. The number of carbonyl (C=O) groups excluding carboxylic acids is 2. The molecule has 0 saturated carbocycles. The lowest BCUT2D eigenvalue weighted by molar-refractivity contribution is -0.138. The first-order valence-corrected chi connectivity index (χ1v) is 5.59. The summed E-state index contributed by atoms with van der Waals surface area (Å²) < 4.78 is 4.55. The Labute approximate surface area is 104 Å². The minimum atomic E-state index is -0.318. The van der Waals surface area contributed by atoms with Crippen LogP contribution in [0.4, 0.5) is 0 Å². The van der Waals surface area contributed by atoms with Crippen LogP contribution in [0.25, 0.3) is 0 Å². The molecule has 0 spiro atoms. The fourth-order valence-corrected chi connectivity index (χ4v) is 1.22. The van der Waals surface area contributed by atoms with Crippen molar-refractivity contribution in [3.05, 3.63) is 0 Å². The van der Waals surface area contributed by atoms with Crippen LogP contribution in [0.3, 0.4) is 0 Å². The second-order valence-electron chi connectivity index (χ2n) is 4.77. The minimum Gasteiger partial charge on any atom is -0.462 e. The molecule has 0 bridgehead atoms. The third-order valence-electron chi connectivity index (χ3n) is 2.02. The Kier molecular flexibility index (Phi) is 11.1. The quantitative estimate of drug-likeness (QED) is 0.728. The number of carbonyl (C=O) groups is 2. The molecular weight excluding hydrogens is 222 g/mol. The number of likely N-dealkylation sites (tertiary alicyclic amines) is 1. The molecule has 5 nitrogen and oxygen atoms in total. The number of nitrogens with zero attached hydrogens (tertiary/aromatic N) is 1. The first-order valence-electron chi connectivity index (χ1n) is 5.59. The van der Waals surface area contributed by atoms with Crippen LogP contribution >= 0.6 is 0 Å². The normalized spacial score (nSPS) is 19.3. The van der Waals surface area contributed by atoms with Gasteiger partial charge >= 0.3 is 0 Å². The van der Waals surface area contributed by atoms with Gasteiger partial charge in [0.2, 0.25) is 0 Å². The van der Waals surface area contributed by atoms with E-state index in [0.717, 1.165) is 32.9 Å². The summed E-state index contributed by atoms with van der Waals surface area (Å²) in [5.41, 5.74) is -0.318. The van der Waals surface area contributed by atoms with Gasteiger partial charge in [0.15, 0.2) is 0 Å². The van der Waals surface area contributed by atoms with Crippen LogP contribution in [0.2, 0.25) is 0 Å². The number of aliphatic hydroxyl groups is 1. The van der Waals surface area contributed by atoms with Crippen molar-refractivity contribution >= 4 is 12.8 Å². The van der Waals surface area contributed by atoms with Crippen LogP contribution in [0.1, 0.15) is 27.2 Å². The second-order valence-corrected chi connectivity index (χ2v) is 4.77. The Morgan fingerprint density at radius 1 is 1.29 bits per heavy atom. The molecule has 0 aromatic carbocycles. The molecule has 1 fully saturated rings. The third kappa shape index (κ3) is 13.0. The molecule has 17 heavy (non-hydrogen) atoms. The summed E-state index contributed by atoms with van der Waals surface area (Å²) in [6.07, 6.45) is 2.11. The van der Waals surface area contributed by atoms with E-state index in [1.807, 2.05) is 27.8 Å². The number of hydrogen-bond acceptors (Lipinski definition) is 5. The lowest BCUT2D eigenvalue weighted by Gasteiger charge is -2.14. The molecule has 5 heteroatoms. The van der Waals surface area contributed by atoms with Gasteiger partial charge in [-0.05, 0) is 40.8 Å². The van der Waals surface area contributed by atoms with Gasteiger partial charge < -0.3 is 19.5 Å². The topological polar surface area (TPSA) is 66.8 Å². The summed E-state index contributed by atoms with van der Waals surface area (Å²) in [6, 6.07) is 0. The summed E-state index contributed by atoms with van der Waals surface area (Å²) >= 11 is 0. The van der Waals surface area contributed by atoms with E-state index in [4.69, 9.17) is 5.11 Å². The van der Waals surface area contributed by atoms with E-state index >= 15 is 0 Å². The van der Waals surface area contributed by atoms with Gasteiger partial charge in [-0.15, -0.1) is 0 Å². The fourth-order valence-electron chi connectivity index (χ4n) is 1.22. The second kappa shape index (κ2) is 10.2. The van der Waals surface area contributed by atoms with E-state index in [1.165, 1.54) is 0 Å². The lowest BCUT2D eigenvalue weighted by atomic mass is 10.1. The van der Waals surface area contributed by atoms with E-state index in [0.29, 0.717) is 12.4 Å². The summed E-state index contributed by atoms with van der Waals surface area (Å²) in [6.45, 7) is 7.97. The fraction of sp³-hybridized carbons (Fsp3) is 0.833. The molecule has 1 heterocycles. The van der Waals surface area contributed by atoms with E-state index < -0.39 is 0 Å². The highest BCUT2D eigenvalue weighted by atomic mass is 16.5. The molecule has 0 aromatic heterocycles. The van der Waals surface area contributed by atoms with Crippen molar-refractivity contribution in [3.63, 3.8) is 0 Å². The highest BCUT2D eigenvalue weighted by Crippen LogP contribution is 2.10. The highest BCUT2D eigenvalue weighted by Gasteiger charge is 2.17. The van der Waals surface area contributed by atoms with Gasteiger partial charge in [-0.3, -0.25) is 4.79 Å². The van der Waals surface area contributed by atoms with E-state index in [9.17, 15) is 9.59 Å². The first-order chi connectivity index (χ1) is 7.89. The zero-order valence-corrected chi connectivity index (χ0v) is 11.5. The predicted molar refractivity (Wildman–Crippen MR) is 66.7 cm³/mol. The Balaban J connectivity index is 0. The molecule has 0 amide bonds. The number of aliphatic hydroxyl groups excluding tert-OH is 1. The smallest absolute Gasteiger partial charge is 0.293 e. The van der Waals surface area contributed by atoms with Crippen LogP contribution in [-0.4, -0.2) is 55.6 Å². The largest absolute Gasteiger partial charge is 0.462 e. The average molecular weight is 247 g/mol. The van der Waals surface area contributed by atoms with Crippen molar-refractivity contribution < 1.29 is 19.4 Å². The van der Waals surface area contributed by atoms with E-state index in [1.54, 1.807) is 0 Å². The summed E-state index contributed by atoms with van der Waals surface area (Å²) in [4.78, 5) is 21.9. The third-order valence-corrected chi connectivity index (χ3v) is 2.02. The van der Waals surface area contributed by atoms with Gasteiger partial charge in [0.25, 0.3) is 6.47 Å². The van der Waals surface area contributed by atoms with Crippen molar-refractivity contribution in [1.82, 2.24) is 4.90 Å². The molecule has 0 aliphatic carbocycles. The molecule has 1 aliphatic heterocycles.